The van der Waals surface area contributed by atoms with Gasteiger partial charge < -0.3 is 0 Å². The summed E-state index contributed by atoms with van der Waals surface area (Å²) >= 11 is 1.18. The van der Waals surface area contributed by atoms with E-state index in [4.69, 9.17) is 0 Å². The van der Waals surface area contributed by atoms with Crippen molar-refractivity contribution >= 4 is 32.9 Å². The fourth-order valence-electron chi connectivity index (χ4n) is 2.71. The smallest absolute Gasteiger partial charge is 0.284 e. The van der Waals surface area contributed by atoms with Gasteiger partial charge in [-0.25, -0.2) is 0 Å². The van der Waals surface area contributed by atoms with Gasteiger partial charge >= 0.3 is 0 Å². The third kappa shape index (κ3) is 3.68. The Morgan fingerprint density at radius 1 is 1.04 bits per heavy atom. The largest absolute Gasteiger partial charge is 0.290 e. The number of hydrogen-bond donors (Lipinski definition) is 0. The number of likely N-dealkylation sites (N-methyl/N-ethyl adjacent to an activating group) is 1. The van der Waals surface area contributed by atoms with E-state index in [1.54, 1.807) is 24.3 Å². The van der Waals surface area contributed by atoms with E-state index >= 15 is 0 Å². The molecule has 1 aliphatic rings. The van der Waals surface area contributed by atoms with Crippen molar-refractivity contribution in [2.24, 2.45) is 4.40 Å². The van der Waals surface area contributed by atoms with Gasteiger partial charge in [0.1, 0.15) is 5.25 Å². The molecule has 26 heavy (non-hydrogen) atoms. The quantitative estimate of drug-likeness (QED) is 0.784. The standard InChI is InChI=1S/C19H20N2O3S2/c1-3-14-10-12-16(13-11-14)26(23,24)20-19-21(4-2)18(22)17(25-19)15-8-6-5-7-9-15/h5-13,17H,3-4H2,1-2H3/t17-/m0/s1. The first-order chi connectivity index (χ1) is 12.5. The van der Waals surface area contributed by atoms with E-state index in [9.17, 15) is 13.2 Å². The Morgan fingerprint density at radius 3 is 2.27 bits per heavy atom. The monoisotopic (exact) mass is 388 g/mol. The number of benzene rings is 2. The van der Waals surface area contributed by atoms with Gasteiger partial charge in [-0.1, -0.05) is 61.2 Å². The van der Waals surface area contributed by atoms with E-state index < -0.39 is 15.3 Å². The van der Waals surface area contributed by atoms with Crippen LogP contribution in [0.2, 0.25) is 0 Å². The van der Waals surface area contributed by atoms with Gasteiger partial charge in [-0.05, 0) is 36.6 Å². The van der Waals surface area contributed by atoms with Crippen LogP contribution >= 0.6 is 11.8 Å². The number of amidine groups is 1. The molecule has 0 spiro atoms. The molecule has 0 aromatic heterocycles. The molecule has 1 fully saturated rings. The molecule has 5 nitrogen and oxygen atoms in total. The summed E-state index contributed by atoms with van der Waals surface area (Å²) in [4.78, 5) is 14.2. The predicted octanol–water partition coefficient (Wildman–Crippen LogP) is 3.63. The fourth-order valence-corrected chi connectivity index (χ4v) is 5.14. The summed E-state index contributed by atoms with van der Waals surface area (Å²) in [7, 11) is -3.87. The second-order valence-corrected chi connectivity index (χ2v) is 8.51. The molecule has 136 valence electrons. The highest BCUT2D eigenvalue weighted by molar-refractivity contribution is 8.15. The van der Waals surface area contributed by atoms with E-state index in [-0.39, 0.29) is 16.0 Å². The van der Waals surface area contributed by atoms with Crippen molar-refractivity contribution in [2.75, 3.05) is 6.54 Å². The number of nitrogens with zero attached hydrogens (tertiary/aromatic N) is 2. The summed E-state index contributed by atoms with van der Waals surface area (Å²) in [6.45, 7) is 4.19. The lowest BCUT2D eigenvalue weighted by molar-refractivity contribution is -0.126. The second-order valence-electron chi connectivity index (χ2n) is 5.84. The molecule has 7 heteroatoms. The lowest BCUT2D eigenvalue weighted by atomic mass is 10.1. The molecule has 3 rings (SSSR count). The van der Waals surface area contributed by atoms with Gasteiger partial charge in [-0.2, -0.15) is 8.42 Å². The van der Waals surface area contributed by atoms with Crippen molar-refractivity contribution in [1.29, 1.82) is 0 Å². The zero-order valence-electron chi connectivity index (χ0n) is 14.6. The van der Waals surface area contributed by atoms with Gasteiger partial charge in [0, 0.05) is 6.54 Å². The summed E-state index contributed by atoms with van der Waals surface area (Å²) in [6.07, 6.45) is 0.835. The third-order valence-corrected chi connectivity index (χ3v) is 6.82. The first kappa shape index (κ1) is 18.7. The Kier molecular flexibility index (Phi) is 5.48. The summed E-state index contributed by atoms with van der Waals surface area (Å²) < 4.78 is 29.3. The molecular formula is C19H20N2O3S2. The van der Waals surface area contributed by atoms with E-state index in [0.717, 1.165) is 17.5 Å². The van der Waals surface area contributed by atoms with Gasteiger partial charge in [0.05, 0.1) is 4.90 Å². The number of carbonyl (C=O) groups excluding carboxylic acids is 1. The highest BCUT2D eigenvalue weighted by Gasteiger charge is 2.39. The molecule has 0 bridgehead atoms. The SMILES string of the molecule is CCc1ccc(S(=O)(=O)N=C2S[C@@H](c3ccccc3)C(=O)N2CC)cc1. The van der Waals surface area contributed by atoms with Crippen LogP contribution in [0.4, 0.5) is 0 Å². The third-order valence-electron chi connectivity index (χ3n) is 4.19. The lowest BCUT2D eigenvalue weighted by Gasteiger charge is -2.13. The Balaban J connectivity index is 1.94. The minimum atomic E-state index is -3.87. The molecule has 2 aromatic carbocycles. The van der Waals surface area contributed by atoms with Crippen LogP contribution in [0.25, 0.3) is 0 Å². The molecule has 1 saturated heterocycles. The molecule has 1 atom stereocenters. The number of thioether (sulfide) groups is 1. The Morgan fingerprint density at radius 2 is 1.69 bits per heavy atom. The van der Waals surface area contributed by atoms with Crippen LogP contribution in [-0.2, 0) is 21.2 Å². The van der Waals surface area contributed by atoms with Crippen molar-refractivity contribution in [3.05, 3.63) is 65.7 Å². The van der Waals surface area contributed by atoms with Crippen molar-refractivity contribution in [3.63, 3.8) is 0 Å². The molecule has 0 N–H and O–H groups in total. The summed E-state index contributed by atoms with van der Waals surface area (Å²) in [5.41, 5.74) is 1.90. The van der Waals surface area contributed by atoms with Crippen LogP contribution < -0.4 is 0 Å². The Labute approximate surface area is 158 Å². The molecule has 1 aliphatic heterocycles. The topological polar surface area (TPSA) is 66.8 Å². The molecule has 0 aliphatic carbocycles. The highest BCUT2D eigenvalue weighted by atomic mass is 32.2. The minimum absolute atomic E-state index is 0.134. The summed E-state index contributed by atoms with van der Waals surface area (Å²) in [6, 6.07) is 16.0. The minimum Gasteiger partial charge on any atom is -0.290 e. The molecule has 0 saturated carbocycles. The first-order valence-corrected chi connectivity index (χ1v) is 10.7. The van der Waals surface area contributed by atoms with E-state index in [1.165, 1.54) is 16.7 Å². The Hall–Kier alpha value is -2.12. The first-order valence-electron chi connectivity index (χ1n) is 8.43. The van der Waals surface area contributed by atoms with Crippen LogP contribution in [0.15, 0.2) is 63.9 Å². The van der Waals surface area contributed by atoms with Crippen molar-refractivity contribution in [1.82, 2.24) is 4.90 Å². The van der Waals surface area contributed by atoms with Gasteiger partial charge in [-0.15, -0.1) is 4.40 Å². The number of hydrogen-bond acceptors (Lipinski definition) is 4. The van der Waals surface area contributed by atoms with Crippen LogP contribution in [0.1, 0.15) is 30.2 Å². The van der Waals surface area contributed by atoms with Crippen molar-refractivity contribution in [2.45, 2.75) is 30.4 Å². The number of rotatable bonds is 5. The fraction of sp³-hybridized carbons (Fsp3) is 0.263. The van der Waals surface area contributed by atoms with Crippen LogP contribution in [0.3, 0.4) is 0 Å². The second kappa shape index (κ2) is 7.63. The number of aryl methyl sites for hydroxylation is 1. The van der Waals surface area contributed by atoms with Crippen molar-refractivity contribution in [3.8, 4) is 0 Å². The average Bonchev–Trinajstić information content (AvgIpc) is 2.97. The van der Waals surface area contributed by atoms with E-state index in [2.05, 4.69) is 4.40 Å². The van der Waals surface area contributed by atoms with Crippen molar-refractivity contribution < 1.29 is 13.2 Å². The van der Waals surface area contributed by atoms with Gasteiger partial charge in [0.15, 0.2) is 5.17 Å². The zero-order valence-corrected chi connectivity index (χ0v) is 16.3. The maximum Gasteiger partial charge on any atom is 0.284 e. The van der Waals surface area contributed by atoms with E-state index in [0.29, 0.717) is 6.54 Å². The van der Waals surface area contributed by atoms with Gasteiger partial charge in [0.25, 0.3) is 10.0 Å². The predicted molar refractivity (Wildman–Crippen MR) is 105 cm³/mol. The number of amides is 1. The molecule has 1 heterocycles. The van der Waals surface area contributed by atoms with Crippen LogP contribution in [0, 0.1) is 0 Å². The summed E-state index contributed by atoms with van der Waals surface area (Å²) in [5, 5.41) is -0.238. The van der Waals surface area contributed by atoms with E-state index in [1.807, 2.05) is 44.2 Å². The summed E-state index contributed by atoms with van der Waals surface area (Å²) in [5.74, 6) is -0.140. The Bertz CT molecular complexity index is 923. The molecule has 0 unspecified atom stereocenters. The maximum absolute atomic E-state index is 12.7. The van der Waals surface area contributed by atoms with Crippen LogP contribution in [-0.4, -0.2) is 30.9 Å². The molecule has 1 amide bonds. The molecule has 0 radical (unpaired) electrons. The number of sulfonamides is 1. The lowest BCUT2D eigenvalue weighted by Crippen LogP contribution is -2.30. The maximum atomic E-state index is 12.7. The number of carbonyl (C=O) groups is 1. The average molecular weight is 389 g/mol. The van der Waals surface area contributed by atoms with Crippen LogP contribution in [0.5, 0.6) is 0 Å². The normalized spacial score (nSPS) is 19.3. The highest BCUT2D eigenvalue weighted by Crippen LogP contribution is 2.39. The molecule has 2 aromatic rings. The van der Waals surface area contributed by atoms with Gasteiger partial charge in [-0.3, -0.25) is 9.69 Å². The zero-order chi connectivity index (χ0) is 18.7. The van der Waals surface area contributed by atoms with Gasteiger partial charge in [0.2, 0.25) is 5.91 Å². The molecular weight excluding hydrogens is 368 g/mol.